The molecule has 0 aromatic heterocycles. The van der Waals surface area contributed by atoms with Crippen LogP contribution in [-0.2, 0) is 16.1 Å². The molecule has 2 aromatic rings. The van der Waals surface area contributed by atoms with E-state index in [4.69, 9.17) is 0 Å². The molecule has 0 unspecified atom stereocenters. The van der Waals surface area contributed by atoms with E-state index in [1.54, 1.807) is 4.90 Å². The van der Waals surface area contributed by atoms with Gasteiger partial charge in [-0.25, -0.2) is 0 Å². The van der Waals surface area contributed by atoms with E-state index in [-0.39, 0.29) is 12.1 Å². The molecule has 1 N–H and O–H groups in total. The maximum Gasteiger partial charge on any atom is 0.312 e. The Bertz CT molecular complexity index is 739. The molecule has 2 amide bonds. The zero-order chi connectivity index (χ0) is 18.5. The molecule has 0 aliphatic heterocycles. The largest absolute Gasteiger partial charge is 0.341 e. The van der Waals surface area contributed by atoms with Crippen molar-refractivity contribution in [2.24, 2.45) is 5.92 Å². The average molecular weight is 350 g/mol. The van der Waals surface area contributed by atoms with Gasteiger partial charge in [-0.15, -0.1) is 0 Å². The molecular weight excluding hydrogens is 324 g/mol. The third kappa shape index (κ3) is 4.51. The van der Waals surface area contributed by atoms with Crippen LogP contribution in [-0.4, -0.2) is 22.8 Å². The van der Waals surface area contributed by atoms with Crippen LogP contribution in [0.2, 0.25) is 0 Å². The fourth-order valence-electron chi connectivity index (χ4n) is 3.17. The van der Waals surface area contributed by atoms with Crippen molar-refractivity contribution in [3.05, 3.63) is 71.8 Å². The van der Waals surface area contributed by atoms with Gasteiger partial charge in [0.2, 0.25) is 0 Å². The van der Waals surface area contributed by atoms with Gasteiger partial charge >= 0.3 is 11.8 Å². The van der Waals surface area contributed by atoms with Crippen LogP contribution in [0.1, 0.15) is 43.9 Å². The number of hydrogen-bond donors (Lipinski definition) is 1. The molecule has 0 radical (unpaired) electrons. The summed E-state index contributed by atoms with van der Waals surface area (Å²) in [7, 11) is 0. The highest BCUT2D eigenvalue weighted by atomic mass is 16.2. The van der Waals surface area contributed by atoms with Crippen LogP contribution in [0.25, 0.3) is 0 Å². The predicted molar refractivity (Wildman–Crippen MR) is 102 cm³/mol. The topological polar surface area (TPSA) is 49.4 Å². The van der Waals surface area contributed by atoms with Gasteiger partial charge < -0.3 is 10.2 Å². The zero-order valence-corrected chi connectivity index (χ0v) is 15.4. The lowest BCUT2D eigenvalue weighted by Crippen LogP contribution is -2.46. The van der Waals surface area contributed by atoms with Crippen molar-refractivity contribution in [1.82, 2.24) is 10.2 Å². The molecule has 4 heteroatoms. The minimum absolute atomic E-state index is 0.0513. The van der Waals surface area contributed by atoms with Gasteiger partial charge in [-0.3, -0.25) is 9.59 Å². The summed E-state index contributed by atoms with van der Waals surface area (Å²) in [5, 5.41) is 2.99. The first-order valence-electron chi connectivity index (χ1n) is 9.26. The molecule has 4 nitrogen and oxygen atoms in total. The van der Waals surface area contributed by atoms with Crippen molar-refractivity contribution >= 4 is 11.8 Å². The van der Waals surface area contributed by atoms with Crippen LogP contribution >= 0.6 is 0 Å². The van der Waals surface area contributed by atoms with E-state index in [2.05, 4.69) is 5.32 Å². The lowest BCUT2D eigenvalue weighted by molar-refractivity contribution is -0.148. The summed E-state index contributed by atoms with van der Waals surface area (Å²) in [5.74, 6) is -0.559. The van der Waals surface area contributed by atoms with Crippen molar-refractivity contribution in [3.63, 3.8) is 0 Å². The van der Waals surface area contributed by atoms with Crippen molar-refractivity contribution in [3.8, 4) is 0 Å². The number of carbonyl (C=O) groups excluding carboxylic acids is 2. The number of hydrogen-bond acceptors (Lipinski definition) is 2. The Balaban J connectivity index is 1.71. The summed E-state index contributed by atoms with van der Waals surface area (Å²) in [6, 6.07) is 19.5. The van der Waals surface area contributed by atoms with E-state index in [9.17, 15) is 9.59 Å². The molecule has 1 saturated carbocycles. The quantitative estimate of drug-likeness (QED) is 0.808. The summed E-state index contributed by atoms with van der Waals surface area (Å²) in [6.07, 6.45) is 2.18. The Morgan fingerprint density at radius 1 is 1.00 bits per heavy atom. The van der Waals surface area contributed by atoms with Crippen LogP contribution < -0.4 is 5.32 Å². The maximum atomic E-state index is 12.8. The zero-order valence-electron chi connectivity index (χ0n) is 15.4. The van der Waals surface area contributed by atoms with Gasteiger partial charge in [0, 0.05) is 12.6 Å². The molecule has 26 heavy (non-hydrogen) atoms. The smallest absolute Gasteiger partial charge is 0.312 e. The molecular formula is C22H26N2O2. The molecule has 0 saturated heterocycles. The van der Waals surface area contributed by atoms with Crippen LogP contribution in [0.5, 0.6) is 0 Å². The van der Waals surface area contributed by atoms with Crippen molar-refractivity contribution in [1.29, 1.82) is 0 Å². The number of carbonyl (C=O) groups is 2. The second-order valence-corrected chi connectivity index (χ2v) is 7.21. The standard InChI is InChI=1S/C22H26N2O2/c1-16(2)24(15-17-9-5-3-6-10-17)22(26)21(25)23-20(19-13-14-19)18-11-7-4-8-12-18/h3-12,16,19-20H,13-15H2,1-2H3,(H,23,25)/t20-/m1/s1. The molecule has 3 rings (SSSR count). The average Bonchev–Trinajstić information content (AvgIpc) is 3.50. The summed E-state index contributed by atoms with van der Waals surface area (Å²) in [5.41, 5.74) is 2.08. The van der Waals surface area contributed by atoms with Crippen LogP contribution in [0.15, 0.2) is 60.7 Å². The lowest BCUT2D eigenvalue weighted by atomic mass is 10.0. The molecule has 136 valence electrons. The predicted octanol–water partition coefficient (Wildman–Crippen LogP) is 3.69. The summed E-state index contributed by atoms with van der Waals surface area (Å²) in [4.78, 5) is 27.1. The van der Waals surface area contributed by atoms with Gasteiger partial charge in [0.25, 0.3) is 0 Å². The highest BCUT2D eigenvalue weighted by molar-refractivity contribution is 6.35. The monoisotopic (exact) mass is 350 g/mol. The first-order valence-corrected chi connectivity index (χ1v) is 9.26. The SMILES string of the molecule is CC(C)N(Cc1ccccc1)C(=O)C(=O)N[C@H](c1ccccc1)C1CC1. The summed E-state index contributed by atoms with van der Waals surface area (Å²) >= 11 is 0. The summed E-state index contributed by atoms with van der Waals surface area (Å²) < 4.78 is 0. The third-order valence-electron chi connectivity index (χ3n) is 4.81. The second-order valence-electron chi connectivity index (χ2n) is 7.21. The van der Waals surface area contributed by atoms with Gasteiger partial charge in [0.05, 0.1) is 6.04 Å². The molecule has 0 heterocycles. The Kier molecular flexibility index (Phi) is 5.71. The Morgan fingerprint density at radius 3 is 2.12 bits per heavy atom. The van der Waals surface area contributed by atoms with Crippen molar-refractivity contribution in [2.45, 2.75) is 45.3 Å². The minimum atomic E-state index is -0.518. The Morgan fingerprint density at radius 2 is 1.58 bits per heavy atom. The van der Waals surface area contributed by atoms with E-state index in [1.807, 2.05) is 74.5 Å². The van der Waals surface area contributed by atoms with E-state index < -0.39 is 11.8 Å². The molecule has 1 atom stereocenters. The van der Waals surface area contributed by atoms with Gasteiger partial charge in [-0.2, -0.15) is 0 Å². The molecule has 0 bridgehead atoms. The fraction of sp³-hybridized carbons (Fsp3) is 0.364. The van der Waals surface area contributed by atoms with Gasteiger partial charge in [-0.05, 0) is 43.7 Å². The van der Waals surface area contributed by atoms with Crippen LogP contribution in [0, 0.1) is 5.92 Å². The molecule has 1 aliphatic rings. The molecule has 0 spiro atoms. The summed E-state index contributed by atoms with van der Waals surface area (Å²) in [6.45, 7) is 4.30. The number of nitrogens with zero attached hydrogens (tertiary/aromatic N) is 1. The lowest BCUT2D eigenvalue weighted by Gasteiger charge is -2.27. The van der Waals surface area contributed by atoms with E-state index in [1.165, 1.54) is 0 Å². The third-order valence-corrected chi connectivity index (χ3v) is 4.81. The Hall–Kier alpha value is -2.62. The van der Waals surface area contributed by atoms with Gasteiger partial charge in [0.15, 0.2) is 0 Å². The Labute approximate surface area is 155 Å². The molecule has 1 aliphatic carbocycles. The number of benzene rings is 2. The fourth-order valence-corrected chi connectivity index (χ4v) is 3.17. The highest BCUT2D eigenvalue weighted by Gasteiger charge is 2.35. The maximum absolute atomic E-state index is 12.8. The van der Waals surface area contributed by atoms with E-state index in [0.29, 0.717) is 12.5 Å². The van der Waals surface area contributed by atoms with E-state index >= 15 is 0 Å². The van der Waals surface area contributed by atoms with Crippen LogP contribution in [0.4, 0.5) is 0 Å². The number of rotatable bonds is 6. The molecule has 1 fully saturated rings. The van der Waals surface area contributed by atoms with Gasteiger partial charge in [0.1, 0.15) is 0 Å². The minimum Gasteiger partial charge on any atom is -0.341 e. The number of nitrogens with one attached hydrogen (secondary N) is 1. The van der Waals surface area contributed by atoms with Gasteiger partial charge in [-0.1, -0.05) is 60.7 Å². The van der Waals surface area contributed by atoms with E-state index in [0.717, 1.165) is 24.0 Å². The molecule has 2 aromatic carbocycles. The normalized spacial score (nSPS) is 14.7. The highest BCUT2D eigenvalue weighted by Crippen LogP contribution is 2.40. The first kappa shape index (κ1) is 18.2. The first-order chi connectivity index (χ1) is 12.6. The van der Waals surface area contributed by atoms with Crippen molar-refractivity contribution < 1.29 is 9.59 Å². The second kappa shape index (κ2) is 8.17. The van der Waals surface area contributed by atoms with Crippen LogP contribution in [0.3, 0.4) is 0 Å². The van der Waals surface area contributed by atoms with Crippen molar-refractivity contribution in [2.75, 3.05) is 0 Å². The number of amides is 2.